The van der Waals surface area contributed by atoms with Crippen molar-refractivity contribution in [1.29, 1.82) is 0 Å². The maximum Gasteiger partial charge on any atom is 0.261 e. The van der Waals surface area contributed by atoms with Crippen LogP contribution >= 0.6 is 11.6 Å². The lowest BCUT2D eigenvalue weighted by Crippen LogP contribution is -2.36. The molecular weight excluding hydrogens is 390 g/mol. The second-order valence-corrected chi connectivity index (χ2v) is 7.63. The lowest BCUT2D eigenvalue weighted by molar-refractivity contribution is -0.127. The van der Waals surface area contributed by atoms with Gasteiger partial charge in [0.25, 0.3) is 5.91 Å². The fourth-order valence-electron chi connectivity index (χ4n) is 2.81. The van der Waals surface area contributed by atoms with Gasteiger partial charge in [0.1, 0.15) is 5.75 Å². The third-order valence-electron chi connectivity index (χ3n) is 4.45. The van der Waals surface area contributed by atoms with Gasteiger partial charge >= 0.3 is 0 Å². The summed E-state index contributed by atoms with van der Waals surface area (Å²) < 4.78 is 11.1. The van der Waals surface area contributed by atoms with Crippen molar-refractivity contribution >= 4 is 17.5 Å². The highest BCUT2D eigenvalue weighted by molar-refractivity contribution is 6.30. The molecule has 1 heterocycles. The summed E-state index contributed by atoms with van der Waals surface area (Å²) in [5, 5.41) is 7.34. The first-order valence-corrected chi connectivity index (χ1v) is 9.84. The molecule has 1 aromatic heterocycles. The molecule has 6 nitrogen and oxygen atoms in total. The Balaban J connectivity index is 1.60. The monoisotopic (exact) mass is 413 g/mol. The third kappa shape index (κ3) is 5.35. The van der Waals surface area contributed by atoms with E-state index < -0.39 is 6.10 Å². The molecule has 0 aliphatic carbocycles. The Morgan fingerprint density at radius 2 is 1.90 bits per heavy atom. The van der Waals surface area contributed by atoms with Gasteiger partial charge < -0.3 is 14.6 Å². The van der Waals surface area contributed by atoms with Gasteiger partial charge in [-0.3, -0.25) is 4.79 Å². The average molecular weight is 414 g/mol. The molecule has 0 bridgehead atoms. The molecule has 0 spiro atoms. The molecule has 29 heavy (non-hydrogen) atoms. The van der Waals surface area contributed by atoms with Gasteiger partial charge in [0.05, 0.1) is 6.54 Å². The minimum absolute atomic E-state index is 0.123. The molecule has 0 unspecified atom stereocenters. The van der Waals surface area contributed by atoms with Crippen molar-refractivity contribution in [2.75, 3.05) is 0 Å². The summed E-state index contributed by atoms with van der Waals surface area (Å²) in [6.45, 7) is 8.02. The van der Waals surface area contributed by atoms with Crippen LogP contribution in [0.15, 0.2) is 47.0 Å². The van der Waals surface area contributed by atoms with Crippen LogP contribution in [0.2, 0.25) is 5.02 Å². The summed E-state index contributed by atoms with van der Waals surface area (Å²) >= 11 is 5.89. The number of amides is 1. The highest BCUT2D eigenvalue weighted by Crippen LogP contribution is 2.28. The number of hydrogen-bond acceptors (Lipinski definition) is 5. The Kier molecular flexibility index (Phi) is 6.54. The van der Waals surface area contributed by atoms with Crippen LogP contribution in [0, 0.1) is 6.92 Å². The molecule has 0 aliphatic rings. The number of aromatic nitrogens is 2. The van der Waals surface area contributed by atoms with Crippen molar-refractivity contribution in [1.82, 2.24) is 15.5 Å². The number of benzene rings is 2. The molecular formula is C22H24ClN3O3. The van der Waals surface area contributed by atoms with Crippen molar-refractivity contribution < 1.29 is 14.1 Å². The van der Waals surface area contributed by atoms with E-state index in [0.29, 0.717) is 22.7 Å². The first-order chi connectivity index (χ1) is 13.8. The number of nitrogens with zero attached hydrogens (tertiary/aromatic N) is 2. The quantitative estimate of drug-likeness (QED) is 0.595. The topological polar surface area (TPSA) is 77.2 Å². The smallest absolute Gasteiger partial charge is 0.261 e. The number of carbonyl (C=O) groups excluding carboxylic acids is 1. The fraction of sp³-hybridized carbons (Fsp3) is 0.318. The van der Waals surface area contributed by atoms with Crippen LogP contribution in [0.4, 0.5) is 0 Å². The van der Waals surface area contributed by atoms with Crippen molar-refractivity contribution in [2.24, 2.45) is 0 Å². The largest absolute Gasteiger partial charge is 0.481 e. The second-order valence-electron chi connectivity index (χ2n) is 7.19. The zero-order valence-corrected chi connectivity index (χ0v) is 17.7. The van der Waals surface area contributed by atoms with E-state index in [-0.39, 0.29) is 12.5 Å². The predicted molar refractivity (Wildman–Crippen MR) is 112 cm³/mol. The van der Waals surface area contributed by atoms with Gasteiger partial charge in [0, 0.05) is 10.6 Å². The molecule has 3 aromatic rings. The number of ether oxygens (including phenoxy) is 1. The Morgan fingerprint density at radius 3 is 2.59 bits per heavy atom. The normalized spacial score (nSPS) is 12.1. The van der Waals surface area contributed by atoms with Gasteiger partial charge in [-0.2, -0.15) is 4.98 Å². The molecule has 0 fully saturated rings. The molecule has 0 saturated carbocycles. The highest BCUT2D eigenvalue weighted by Gasteiger charge is 2.18. The number of aryl methyl sites for hydroxylation is 1. The first-order valence-electron chi connectivity index (χ1n) is 9.47. The third-order valence-corrected chi connectivity index (χ3v) is 4.70. The van der Waals surface area contributed by atoms with Crippen molar-refractivity contribution in [3.63, 3.8) is 0 Å². The van der Waals surface area contributed by atoms with Crippen LogP contribution in [0.25, 0.3) is 11.4 Å². The molecule has 152 valence electrons. The Morgan fingerprint density at radius 1 is 1.17 bits per heavy atom. The summed E-state index contributed by atoms with van der Waals surface area (Å²) in [6, 6.07) is 13.2. The minimum atomic E-state index is -0.659. The fourth-order valence-corrected chi connectivity index (χ4v) is 2.94. The SMILES string of the molecule is Cc1ccc(C(C)C)c(O[C@H](C)C(=O)NCc2nc(-c3ccc(Cl)cc3)no2)c1. The lowest BCUT2D eigenvalue weighted by atomic mass is 10.0. The second kappa shape index (κ2) is 9.09. The van der Waals surface area contributed by atoms with Crippen LogP contribution in [0.1, 0.15) is 43.7 Å². The molecule has 7 heteroatoms. The van der Waals surface area contributed by atoms with E-state index in [9.17, 15) is 4.79 Å². The number of hydrogen-bond donors (Lipinski definition) is 1. The van der Waals surface area contributed by atoms with Gasteiger partial charge in [-0.05, 0) is 61.2 Å². The first kappa shape index (κ1) is 20.9. The number of carbonyl (C=O) groups is 1. The Bertz CT molecular complexity index is 983. The van der Waals surface area contributed by atoms with Gasteiger partial charge in [-0.25, -0.2) is 0 Å². The molecule has 1 N–H and O–H groups in total. The van der Waals surface area contributed by atoms with Crippen LogP contribution in [-0.4, -0.2) is 22.2 Å². The van der Waals surface area contributed by atoms with Crippen LogP contribution in [-0.2, 0) is 11.3 Å². The van der Waals surface area contributed by atoms with E-state index >= 15 is 0 Å². The Hall–Kier alpha value is -2.86. The highest BCUT2D eigenvalue weighted by atomic mass is 35.5. The molecule has 0 aliphatic heterocycles. The molecule has 0 radical (unpaired) electrons. The van der Waals surface area contributed by atoms with Gasteiger partial charge in [-0.15, -0.1) is 0 Å². The minimum Gasteiger partial charge on any atom is -0.481 e. The average Bonchev–Trinajstić information content (AvgIpc) is 3.15. The summed E-state index contributed by atoms with van der Waals surface area (Å²) in [6.07, 6.45) is -0.659. The number of nitrogens with one attached hydrogen (secondary N) is 1. The van der Waals surface area contributed by atoms with E-state index in [4.69, 9.17) is 20.9 Å². The molecule has 2 aromatic carbocycles. The zero-order valence-electron chi connectivity index (χ0n) is 16.9. The summed E-state index contributed by atoms with van der Waals surface area (Å²) in [4.78, 5) is 16.8. The van der Waals surface area contributed by atoms with Crippen LogP contribution < -0.4 is 10.1 Å². The predicted octanol–water partition coefficient (Wildman–Crippen LogP) is 4.91. The Labute approximate surface area is 175 Å². The number of rotatable bonds is 7. The van der Waals surface area contributed by atoms with E-state index in [1.165, 1.54) is 0 Å². The van der Waals surface area contributed by atoms with Gasteiger partial charge in [0.2, 0.25) is 11.7 Å². The van der Waals surface area contributed by atoms with E-state index in [0.717, 1.165) is 22.4 Å². The van der Waals surface area contributed by atoms with E-state index in [2.05, 4.69) is 29.3 Å². The number of halogens is 1. The molecule has 0 saturated heterocycles. The summed E-state index contributed by atoms with van der Waals surface area (Å²) in [7, 11) is 0. The lowest BCUT2D eigenvalue weighted by Gasteiger charge is -2.19. The van der Waals surface area contributed by atoms with Crippen molar-refractivity contribution in [3.05, 3.63) is 64.5 Å². The van der Waals surface area contributed by atoms with E-state index in [1.807, 2.05) is 25.1 Å². The molecule has 1 amide bonds. The van der Waals surface area contributed by atoms with Gasteiger partial charge in [0.15, 0.2) is 6.10 Å². The maximum atomic E-state index is 12.5. The van der Waals surface area contributed by atoms with E-state index in [1.54, 1.807) is 31.2 Å². The standard InChI is InChI=1S/C22H24ClN3O3/c1-13(2)18-10-5-14(3)11-19(18)28-15(4)22(27)24-12-20-25-21(26-29-20)16-6-8-17(23)9-7-16/h5-11,13,15H,12H2,1-4H3,(H,24,27)/t15-/m1/s1. The molecule has 1 atom stereocenters. The zero-order chi connectivity index (χ0) is 21.0. The van der Waals surface area contributed by atoms with Crippen LogP contribution in [0.5, 0.6) is 5.75 Å². The summed E-state index contributed by atoms with van der Waals surface area (Å²) in [5.41, 5.74) is 2.94. The van der Waals surface area contributed by atoms with Crippen molar-refractivity contribution in [3.8, 4) is 17.1 Å². The molecule has 3 rings (SSSR count). The van der Waals surface area contributed by atoms with Crippen molar-refractivity contribution in [2.45, 2.75) is 46.3 Å². The van der Waals surface area contributed by atoms with Crippen LogP contribution in [0.3, 0.4) is 0 Å². The summed E-state index contributed by atoms with van der Waals surface area (Å²) in [5.74, 6) is 1.52. The maximum absolute atomic E-state index is 12.5. The van der Waals surface area contributed by atoms with Gasteiger partial charge in [-0.1, -0.05) is 42.7 Å².